The molecule has 0 saturated carbocycles. The molecule has 0 saturated heterocycles. The van der Waals surface area contributed by atoms with Crippen LogP contribution in [0, 0.1) is 0 Å². The number of benzene rings is 1. The lowest BCUT2D eigenvalue weighted by atomic mass is 10.2. The number of thioether (sulfide) groups is 1. The van der Waals surface area contributed by atoms with Crippen molar-refractivity contribution in [3.8, 4) is 11.4 Å². The van der Waals surface area contributed by atoms with Gasteiger partial charge in [0, 0.05) is 17.5 Å². The minimum Gasteiger partial charge on any atom is -0.350 e. The van der Waals surface area contributed by atoms with Gasteiger partial charge in [0.05, 0.1) is 17.3 Å². The molecule has 8 heteroatoms. The molecule has 3 aromatic rings. The van der Waals surface area contributed by atoms with Gasteiger partial charge in [-0.3, -0.25) is 4.79 Å². The molecule has 0 radical (unpaired) electrons. The highest BCUT2D eigenvalue weighted by atomic mass is 35.5. The Kier molecular flexibility index (Phi) is 5.55. The fourth-order valence-electron chi connectivity index (χ4n) is 2.10. The van der Waals surface area contributed by atoms with Crippen LogP contribution < -0.4 is 5.32 Å². The van der Waals surface area contributed by atoms with Crippen LogP contribution in [0.4, 0.5) is 0 Å². The van der Waals surface area contributed by atoms with Crippen LogP contribution in [0.15, 0.2) is 46.9 Å². The number of hydrogen-bond donors (Lipinski definition) is 1. The summed E-state index contributed by atoms with van der Waals surface area (Å²) in [4.78, 5) is 13.1. The first kappa shape index (κ1) is 17.0. The normalized spacial score (nSPS) is 10.8. The molecule has 2 heterocycles. The molecule has 0 bridgehead atoms. The first-order chi connectivity index (χ1) is 11.6. The van der Waals surface area contributed by atoms with E-state index in [-0.39, 0.29) is 5.91 Å². The number of thiophene rings is 1. The molecule has 5 nitrogen and oxygen atoms in total. The molecule has 0 fully saturated rings. The van der Waals surface area contributed by atoms with Gasteiger partial charge in [-0.25, -0.2) is 0 Å². The second-order valence-electron chi connectivity index (χ2n) is 4.99. The van der Waals surface area contributed by atoms with Crippen LogP contribution in [0.5, 0.6) is 0 Å². The predicted octanol–water partition coefficient (Wildman–Crippen LogP) is 3.61. The Labute approximate surface area is 153 Å². The Morgan fingerprint density at radius 1 is 1.29 bits per heavy atom. The summed E-state index contributed by atoms with van der Waals surface area (Å²) in [6, 6.07) is 11.5. The van der Waals surface area contributed by atoms with E-state index in [1.165, 1.54) is 11.8 Å². The van der Waals surface area contributed by atoms with E-state index >= 15 is 0 Å². The monoisotopic (exact) mass is 378 g/mol. The lowest BCUT2D eigenvalue weighted by Gasteiger charge is -2.06. The van der Waals surface area contributed by atoms with Crippen molar-refractivity contribution in [2.75, 3.05) is 5.75 Å². The summed E-state index contributed by atoms with van der Waals surface area (Å²) in [6.07, 6.45) is 0. The number of carbonyl (C=O) groups excluding carboxylic acids is 1. The van der Waals surface area contributed by atoms with Gasteiger partial charge >= 0.3 is 0 Å². The van der Waals surface area contributed by atoms with Crippen LogP contribution in [-0.2, 0) is 18.4 Å². The minimum atomic E-state index is -0.0318. The molecule has 124 valence electrons. The van der Waals surface area contributed by atoms with Gasteiger partial charge in [0.15, 0.2) is 11.0 Å². The molecule has 1 N–H and O–H groups in total. The van der Waals surface area contributed by atoms with Gasteiger partial charge in [-0.1, -0.05) is 41.6 Å². The Bertz CT molecular complexity index is 832. The van der Waals surface area contributed by atoms with Crippen molar-refractivity contribution >= 4 is 40.6 Å². The molecular formula is C16H15ClN4OS2. The van der Waals surface area contributed by atoms with Crippen molar-refractivity contribution in [2.24, 2.45) is 7.05 Å². The number of hydrogen-bond acceptors (Lipinski definition) is 5. The molecule has 1 aromatic carbocycles. The summed E-state index contributed by atoms with van der Waals surface area (Å²) in [7, 11) is 1.87. The zero-order valence-electron chi connectivity index (χ0n) is 12.9. The Balaban J connectivity index is 1.60. The summed E-state index contributed by atoms with van der Waals surface area (Å²) in [5.74, 6) is 0.942. The van der Waals surface area contributed by atoms with Crippen LogP contribution in [0.2, 0.25) is 5.02 Å². The summed E-state index contributed by atoms with van der Waals surface area (Å²) in [5, 5.41) is 14.5. The first-order valence-corrected chi connectivity index (χ1v) is 9.45. The zero-order valence-corrected chi connectivity index (χ0v) is 15.3. The number of carbonyl (C=O) groups is 1. The van der Waals surface area contributed by atoms with Crippen LogP contribution in [0.25, 0.3) is 11.4 Å². The van der Waals surface area contributed by atoms with Crippen LogP contribution >= 0.6 is 34.7 Å². The fraction of sp³-hybridized carbons (Fsp3) is 0.188. The highest BCUT2D eigenvalue weighted by Gasteiger charge is 2.14. The lowest BCUT2D eigenvalue weighted by Crippen LogP contribution is -2.24. The summed E-state index contributed by atoms with van der Waals surface area (Å²) in [5.41, 5.74) is 0.822. The third-order valence-electron chi connectivity index (χ3n) is 3.32. The van der Waals surface area contributed by atoms with Crippen molar-refractivity contribution in [3.05, 3.63) is 51.7 Å². The largest absolute Gasteiger partial charge is 0.350 e. The van der Waals surface area contributed by atoms with E-state index in [0.717, 1.165) is 10.4 Å². The Morgan fingerprint density at radius 3 is 2.88 bits per heavy atom. The standard InChI is InChI=1S/C16H15ClN4OS2/c1-21-15(12-6-2-3-7-13(12)17)19-20-16(21)24-10-14(22)18-9-11-5-4-8-23-11/h2-8H,9-10H2,1H3,(H,18,22). The topological polar surface area (TPSA) is 59.8 Å². The maximum Gasteiger partial charge on any atom is 0.230 e. The maximum atomic E-state index is 11.9. The van der Waals surface area contributed by atoms with E-state index < -0.39 is 0 Å². The van der Waals surface area contributed by atoms with Crippen LogP contribution in [0.1, 0.15) is 4.88 Å². The van der Waals surface area contributed by atoms with Gasteiger partial charge in [0.1, 0.15) is 0 Å². The van der Waals surface area contributed by atoms with Crippen LogP contribution in [-0.4, -0.2) is 26.4 Å². The number of aromatic nitrogens is 3. The molecule has 0 spiro atoms. The molecule has 3 rings (SSSR count). The van der Waals surface area contributed by atoms with E-state index in [4.69, 9.17) is 11.6 Å². The van der Waals surface area contributed by atoms with E-state index in [9.17, 15) is 4.79 Å². The van der Waals surface area contributed by atoms with Crippen molar-refractivity contribution in [2.45, 2.75) is 11.7 Å². The quantitative estimate of drug-likeness (QED) is 0.666. The van der Waals surface area contributed by atoms with Crippen LogP contribution in [0.3, 0.4) is 0 Å². The highest BCUT2D eigenvalue weighted by molar-refractivity contribution is 7.99. The molecule has 0 unspecified atom stereocenters. The van der Waals surface area contributed by atoms with Crippen molar-refractivity contribution in [3.63, 3.8) is 0 Å². The SMILES string of the molecule is Cn1c(SCC(=O)NCc2cccs2)nnc1-c1ccccc1Cl. The van der Waals surface area contributed by atoms with E-state index in [1.807, 2.05) is 53.4 Å². The molecule has 0 aliphatic rings. The number of rotatable bonds is 6. The number of nitrogens with zero attached hydrogens (tertiary/aromatic N) is 3. The Hall–Kier alpha value is -1.83. The van der Waals surface area contributed by atoms with Gasteiger partial charge in [-0.15, -0.1) is 21.5 Å². The van der Waals surface area contributed by atoms with Gasteiger partial charge in [-0.05, 0) is 23.6 Å². The third kappa shape index (κ3) is 3.98. The van der Waals surface area contributed by atoms with E-state index in [2.05, 4.69) is 15.5 Å². The van der Waals surface area contributed by atoms with Gasteiger partial charge in [0.25, 0.3) is 0 Å². The molecule has 0 atom stereocenters. The van der Waals surface area contributed by atoms with Gasteiger partial charge < -0.3 is 9.88 Å². The summed E-state index contributed by atoms with van der Waals surface area (Å²) < 4.78 is 1.85. The predicted molar refractivity (Wildman–Crippen MR) is 98.3 cm³/mol. The van der Waals surface area contributed by atoms with Gasteiger partial charge in [0.2, 0.25) is 5.91 Å². The average Bonchev–Trinajstić information content (AvgIpc) is 3.22. The Morgan fingerprint density at radius 2 is 2.12 bits per heavy atom. The number of halogens is 1. The zero-order chi connectivity index (χ0) is 16.9. The molecular weight excluding hydrogens is 364 g/mol. The first-order valence-electron chi connectivity index (χ1n) is 7.21. The molecule has 0 aliphatic carbocycles. The van der Waals surface area contributed by atoms with Crippen molar-refractivity contribution in [1.29, 1.82) is 0 Å². The molecule has 24 heavy (non-hydrogen) atoms. The minimum absolute atomic E-state index is 0.0318. The number of nitrogens with one attached hydrogen (secondary N) is 1. The lowest BCUT2D eigenvalue weighted by molar-refractivity contribution is -0.118. The molecule has 2 aromatic heterocycles. The summed E-state index contributed by atoms with van der Waals surface area (Å²) in [6.45, 7) is 0.556. The second-order valence-corrected chi connectivity index (χ2v) is 7.37. The fourth-order valence-corrected chi connectivity index (χ4v) is 3.70. The molecule has 1 amide bonds. The van der Waals surface area contributed by atoms with E-state index in [1.54, 1.807) is 11.3 Å². The third-order valence-corrected chi connectivity index (χ3v) is 5.55. The summed E-state index contributed by atoms with van der Waals surface area (Å²) >= 11 is 9.18. The molecule has 0 aliphatic heterocycles. The van der Waals surface area contributed by atoms with E-state index in [0.29, 0.717) is 28.3 Å². The van der Waals surface area contributed by atoms with Crippen molar-refractivity contribution < 1.29 is 4.79 Å². The second kappa shape index (κ2) is 7.83. The van der Waals surface area contributed by atoms with Crippen molar-refractivity contribution in [1.82, 2.24) is 20.1 Å². The average molecular weight is 379 g/mol. The highest BCUT2D eigenvalue weighted by Crippen LogP contribution is 2.28. The van der Waals surface area contributed by atoms with Gasteiger partial charge in [-0.2, -0.15) is 0 Å². The maximum absolute atomic E-state index is 11.9. The number of amides is 1. The smallest absolute Gasteiger partial charge is 0.230 e.